The van der Waals surface area contributed by atoms with E-state index in [9.17, 15) is 9.59 Å². The van der Waals surface area contributed by atoms with Crippen molar-refractivity contribution < 1.29 is 9.59 Å². The predicted octanol–water partition coefficient (Wildman–Crippen LogP) is 3.40. The average molecular weight is 361 g/mol. The number of rotatable bonds is 5. The summed E-state index contributed by atoms with van der Waals surface area (Å²) in [6.45, 7) is 2.42. The molecule has 0 fully saturated rings. The number of benzene rings is 2. The van der Waals surface area contributed by atoms with Crippen LogP contribution in [0.2, 0.25) is 0 Å². The number of halogens is 1. The Bertz CT molecular complexity index is 669. The molecule has 0 bridgehead atoms. The molecule has 114 valence electrons. The lowest BCUT2D eigenvalue weighted by molar-refractivity contribution is -0.126. The van der Waals surface area contributed by atoms with Crippen LogP contribution in [-0.4, -0.2) is 11.8 Å². The van der Waals surface area contributed by atoms with Gasteiger partial charge < -0.3 is 10.6 Å². The molecule has 22 heavy (non-hydrogen) atoms. The second-order valence-electron chi connectivity index (χ2n) is 5.00. The molecule has 0 saturated carbocycles. The number of nitrogens with one attached hydrogen (secondary N) is 2. The van der Waals surface area contributed by atoms with Gasteiger partial charge in [0, 0.05) is 16.7 Å². The molecule has 2 aromatic rings. The second-order valence-corrected chi connectivity index (χ2v) is 5.91. The normalized spacial score (nSPS) is 10.1. The third kappa shape index (κ3) is 5.33. The van der Waals surface area contributed by atoms with E-state index >= 15 is 0 Å². The van der Waals surface area contributed by atoms with Gasteiger partial charge >= 0.3 is 0 Å². The molecule has 0 aliphatic heterocycles. The molecule has 2 rings (SSSR count). The summed E-state index contributed by atoms with van der Waals surface area (Å²) >= 11 is 3.32. The summed E-state index contributed by atoms with van der Waals surface area (Å²) in [5.41, 5.74) is 2.82. The largest absolute Gasteiger partial charge is 0.352 e. The minimum atomic E-state index is -0.330. The molecular weight excluding hydrogens is 344 g/mol. The SMILES string of the molecule is Cc1cccc(CNC(=O)CC(=O)Nc2ccc(Br)cc2)c1. The monoisotopic (exact) mass is 360 g/mol. The molecule has 0 saturated heterocycles. The first-order chi connectivity index (χ1) is 10.5. The summed E-state index contributed by atoms with van der Waals surface area (Å²) in [6.07, 6.45) is -0.193. The molecule has 0 radical (unpaired) electrons. The van der Waals surface area contributed by atoms with Gasteiger partial charge in [-0.2, -0.15) is 0 Å². The number of aryl methyl sites for hydroxylation is 1. The first kappa shape index (κ1) is 16.2. The van der Waals surface area contributed by atoms with Crippen molar-refractivity contribution >= 4 is 33.4 Å². The van der Waals surface area contributed by atoms with Crippen molar-refractivity contribution in [2.45, 2.75) is 19.9 Å². The number of carbonyl (C=O) groups is 2. The van der Waals surface area contributed by atoms with Gasteiger partial charge in [-0.1, -0.05) is 45.8 Å². The van der Waals surface area contributed by atoms with Crippen LogP contribution >= 0.6 is 15.9 Å². The van der Waals surface area contributed by atoms with E-state index in [-0.39, 0.29) is 18.2 Å². The van der Waals surface area contributed by atoms with Gasteiger partial charge in [0.25, 0.3) is 0 Å². The van der Waals surface area contributed by atoms with Crippen LogP contribution in [0.5, 0.6) is 0 Å². The van der Waals surface area contributed by atoms with Crippen molar-refractivity contribution in [3.63, 3.8) is 0 Å². The molecule has 0 aliphatic carbocycles. The summed E-state index contributed by atoms with van der Waals surface area (Å²) in [5, 5.41) is 5.43. The summed E-state index contributed by atoms with van der Waals surface area (Å²) in [4.78, 5) is 23.6. The summed E-state index contributed by atoms with van der Waals surface area (Å²) in [6, 6.07) is 15.1. The molecule has 0 unspecified atom stereocenters. The Morgan fingerprint density at radius 3 is 2.45 bits per heavy atom. The van der Waals surface area contributed by atoms with Crippen molar-refractivity contribution in [3.8, 4) is 0 Å². The minimum absolute atomic E-state index is 0.193. The fraction of sp³-hybridized carbons (Fsp3) is 0.176. The lowest BCUT2D eigenvalue weighted by Gasteiger charge is -2.07. The maximum absolute atomic E-state index is 11.8. The Balaban J connectivity index is 1.79. The first-order valence-electron chi connectivity index (χ1n) is 6.90. The number of carbonyl (C=O) groups excluding carboxylic acids is 2. The van der Waals surface area contributed by atoms with Crippen LogP contribution in [0.1, 0.15) is 17.5 Å². The van der Waals surface area contributed by atoms with E-state index in [4.69, 9.17) is 0 Å². The molecule has 0 heterocycles. The molecule has 0 spiro atoms. The van der Waals surface area contributed by atoms with Crippen LogP contribution in [0.25, 0.3) is 0 Å². The quantitative estimate of drug-likeness (QED) is 0.802. The molecular formula is C17H17BrN2O2. The average Bonchev–Trinajstić information content (AvgIpc) is 2.47. The second kappa shape index (κ2) is 7.75. The Labute approximate surface area is 138 Å². The molecule has 2 amide bonds. The Hall–Kier alpha value is -2.14. The van der Waals surface area contributed by atoms with E-state index in [1.807, 2.05) is 43.3 Å². The van der Waals surface area contributed by atoms with Gasteiger partial charge in [-0.05, 0) is 36.8 Å². The zero-order chi connectivity index (χ0) is 15.9. The zero-order valence-corrected chi connectivity index (χ0v) is 13.8. The molecule has 0 aromatic heterocycles. The number of amides is 2. The molecule has 2 N–H and O–H groups in total. The van der Waals surface area contributed by atoms with Crippen LogP contribution < -0.4 is 10.6 Å². The lowest BCUT2D eigenvalue weighted by atomic mass is 10.1. The molecule has 0 atom stereocenters. The standard InChI is InChI=1S/C17H17BrN2O2/c1-12-3-2-4-13(9-12)11-19-16(21)10-17(22)20-15-7-5-14(18)6-8-15/h2-9H,10-11H2,1H3,(H,19,21)(H,20,22). The number of hydrogen-bond acceptors (Lipinski definition) is 2. The summed E-state index contributed by atoms with van der Waals surface area (Å²) < 4.78 is 0.932. The molecule has 5 heteroatoms. The van der Waals surface area contributed by atoms with Crippen molar-refractivity contribution in [2.75, 3.05) is 5.32 Å². The van der Waals surface area contributed by atoms with E-state index in [0.29, 0.717) is 12.2 Å². The van der Waals surface area contributed by atoms with E-state index in [2.05, 4.69) is 26.6 Å². The Morgan fingerprint density at radius 2 is 1.77 bits per heavy atom. The van der Waals surface area contributed by atoms with Gasteiger partial charge in [-0.3, -0.25) is 9.59 Å². The highest BCUT2D eigenvalue weighted by Gasteiger charge is 2.09. The zero-order valence-electron chi connectivity index (χ0n) is 12.2. The fourth-order valence-corrected chi connectivity index (χ4v) is 2.23. The minimum Gasteiger partial charge on any atom is -0.352 e. The third-order valence-electron chi connectivity index (χ3n) is 3.02. The fourth-order valence-electron chi connectivity index (χ4n) is 1.97. The van der Waals surface area contributed by atoms with Gasteiger partial charge in [0.2, 0.25) is 11.8 Å². The Kier molecular flexibility index (Phi) is 5.72. The third-order valence-corrected chi connectivity index (χ3v) is 3.55. The number of anilines is 1. The van der Waals surface area contributed by atoms with Crippen molar-refractivity contribution in [1.29, 1.82) is 0 Å². The molecule has 0 aliphatic rings. The van der Waals surface area contributed by atoms with Crippen LogP contribution in [-0.2, 0) is 16.1 Å². The van der Waals surface area contributed by atoms with Gasteiger partial charge in [0.05, 0.1) is 0 Å². The lowest BCUT2D eigenvalue weighted by Crippen LogP contribution is -2.27. The maximum Gasteiger partial charge on any atom is 0.233 e. The summed E-state index contributed by atoms with van der Waals surface area (Å²) in [7, 11) is 0. The van der Waals surface area contributed by atoms with E-state index in [0.717, 1.165) is 15.6 Å². The van der Waals surface area contributed by atoms with Gasteiger partial charge in [0.15, 0.2) is 0 Å². The van der Waals surface area contributed by atoms with Gasteiger partial charge in [-0.15, -0.1) is 0 Å². The predicted molar refractivity (Wildman–Crippen MR) is 90.4 cm³/mol. The molecule has 2 aromatic carbocycles. The van der Waals surface area contributed by atoms with Gasteiger partial charge in [-0.25, -0.2) is 0 Å². The number of hydrogen-bond donors (Lipinski definition) is 2. The van der Waals surface area contributed by atoms with Crippen molar-refractivity contribution in [2.24, 2.45) is 0 Å². The smallest absolute Gasteiger partial charge is 0.233 e. The molecule has 4 nitrogen and oxygen atoms in total. The van der Waals surface area contributed by atoms with Crippen LogP contribution in [0.3, 0.4) is 0 Å². The maximum atomic E-state index is 11.8. The van der Waals surface area contributed by atoms with Crippen LogP contribution in [0.15, 0.2) is 53.0 Å². The first-order valence-corrected chi connectivity index (χ1v) is 7.70. The highest BCUT2D eigenvalue weighted by molar-refractivity contribution is 9.10. The van der Waals surface area contributed by atoms with E-state index < -0.39 is 0 Å². The highest BCUT2D eigenvalue weighted by atomic mass is 79.9. The summed E-state index contributed by atoms with van der Waals surface area (Å²) in [5.74, 6) is -0.625. The van der Waals surface area contributed by atoms with Gasteiger partial charge in [0.1, 0.15) is 6.42 Å². The topological polar surface area (TPSA) is 58.2 Å². The van der Waals surface area contributed by atoms with Crippen molar-refractivity contribution in [1.82, 2.24) is 5.32 Å². The van der Waals surface area contributed by atoms with Crippen molar-refractivity contribution in [3.05, 3.63) is 64.1 Å². The highest BCUT2D eigenvalue weighted by Crippen LogP contribution is 2.14. The van der Waals surface area contributed by atoms with E-state index in [1.165, 1.54) is 0 Å². The van der Waals surface area contributed by atoms with E-state index in [1.54, 1.807) is 12.1 Å². The van der Waals surface area contributed by atoms with Crippen LogP contribution in [0, 0.1) is 6.92 Å². The Morgan fingerprint density at radius 1 is 1.05 bits per heavy atom. The van der Waals surface area contributed by atoms with Crippen LogP contribution in [0.4, 0.5) is 5.69 Å².